The summed E-state index contributed by atoms with van der Waals surface area (Å²) in [6.45, 7) is 3.16. The molecule has 1 aliphatic rings. The van der Waals surface area contributed by atoms with Gasteiger partial charge in [-0.05, 0) is 25.5 Å². The number of carbonyl (C=O) groups is 1. The lowest BCUT2D eigenvalue weighted by Crippen LogP contribution is -2.38. The molecule has 0 saturated carbocycles. The van der Waals surface area contributed by atoms with E-state index in [0.29, 0.717) is 13.0 Å². The Bertz CT molecular complexity index is 536. The Morgan fingerprint density at radius 1 is 1.50 bits per heavy atom. The van der Waals surface area contributed by atoms with Crippen LogP contribution in [0.25, 0.3) is 0 Å². The van der Waals surface area contributed by atoms with Crippen LogP contribution < -0.4 is 10.2 Å². The minimum Gasteiger partial charge on any atom is -0.311 e. The first-order chi connectivity index (χ1) is 9.52. The first-order valence-corrected chi connectivity index (χ1v) is 6.52. The van der Waals surface area contributed by atoms with E-state index in [1.165, 1.54) is 11.0 Å². The first-order valence-electron chi connectivity index (χ1n) is 6.52. The summed E-state index contributed by atoms with van der Waals surface area (Å²) in [5.74, 6) is -0.884. The predicted molar refractivity (Wildman–Crippen MR) is 72.1 cm³/mol. The Morgan fingerprint density at radius 2 is 2.25 bits per heavy atom. The maximum atomic E-state index is 13.4. The number of halogens is 1. The first kappa shape index (κ1) is 14.4. The highest BCUT2D eigenvalue weighted by Gasteiger charge is 2.32. The molecule has 108 valence electrons. The smallest absolute Gasteiger partial charge is 0.274 e. The summed E-state index contributed by atoms with van der Waals surface area (Å²) in [6, 6.07) is 2.92. The second-order valence-corrected chi connectivity index (χ2v) is 4.71. The molecule has 0 bridgehead atoms. The van der Waals surface area contributed by atoms with E-state index < -0.39 is 10.7 Å². The number of anilines is 1. The van der Waals surface area contributed by atoms with E-state index in [1.807, 2.05) is 6.92 Å². The van der Waals surface area contributed by atoms with Gasteiger partial charge in [0.05, 0.1) is 22.7 Å². The van der Waals surface area contributed by atoms with E-state index >= 15 is 0 Å². The molecular formula is C13H16FN3O3. The Labute approximate surface area is 115 Å². The largest absolute Gasteiger partial charge is 0.311 e. The van der Waals surface area contributed by atoms with Crippen LogP contribution in [0.4, 0.5) is 15.8 Å². The van der Waals surface area contributed by atoms with Crippen molar-refractivity contribution >= 4 is 17.3 Å². The lowest BCUT2D eigenvalue weighted by Gasteiger charge is -2.17. The quantitative estimate of drug-likeness (QED) is 0.660. The van der Waals surface area contributed by atoms with Gasteiger partial charge in [0.2, 0.25) is 5.91 Å². The molecule has 6 nitrogen and oxygen atoms in total. The van der Waals surface area contributed by atoms with E-state index in [1.54, 1.807) is 0 Å². The molecule has 0 radical (unpaired) electrons. The monoisotopic (exact) mass is 281 g/mol. The number of nitrogens with zero attached hydrogens (tertiary/aromatic N) is 2. The molecule has 1 N–H and O–H groups in total. The summed E-state index contributed by atoms with van der Waals surface area (Å²) in [4.78, 5) is 23.6. The second-order valence-electron chi connectivity index (χ2n) is 4.71. The molecule has 2 rings (SSSR count). The molecule has 1 atom stereocenters. The van der Waals surface area contributed by atoms with Crippen molar-refractivity contribution in [3.8, 4) is 0 Å². The zero-order valence-electron chi connectivity index (χ0n) is 11.1. The van der Waals surface area contributed by atoms with Crippen LogP contribution in [0.15, 0.2) is 18.2 Å². The highest BCUT2D eigenvalue weighted by Crippen LogP contribution is 2.27. The van der Waals surface area contributed by atoms with Crippen LogP contribution in [0.3, 0.4) is 0 Å². The fraction of sp³-hybridized carbons (Fsp3) is 0.462. The maximum absolute atomic E-state index is 13.4. The summed E-state index contributed by atoms with van der Waals surface area (Å²) in [7, 11) is 0. The predicted octanol–water partition coefficient (Wildman–Crippen LogP) is 1.84. The molecular weight excluding hydrogens is 265 g/mol. The zero-order chi connectivity index (χ0) is 14.7. The van der Waals surface area contributed by atoms with Gasteiger partial charge < -0.3 is 10.2 Å². The molecule has 1 fully saturated rings. The Kier molecular flexibility index (Phi) is 4.29. The fourth-order valence-corrected chi connectivity index (χ4v) is 2.26. The molecule has 1 unspecified atom stereocenters. The third-order valence-corrected chi connectivity index (χ3v) is 3.24. The van der Waals surface area contributed by atoms with Crippen LogP contribution in [-0.2, 0) is 4.79 Å². The highest BCUT2D eigenvalue weighted by molar-refractivity contribution is 5.99. The van der Waals surface area contributed by atoms with Gasteiger partial charge >= 0.3 is 0 Å². The lowest BCUT2D eigenvalue weighted by atomic mass is 10.2. The number of benzene rings is 1. The average Bonchev–Trinajstić information content (AvgIpc) is 2.77. The molecule has 1 aromatic rings. The van der Waals surface area contributed by atoms with Crippen molar-refractivity contribution in [2.45, 2.75) is 25.8 Å². The number of nitro benzene ring substituents is 1. The summed E-state index contributed by atoms with van der Waals surface area (Å²) < 4.78 is 13.4. The molecule has 0 spiro atoms. The third-order valence-electron chi connectivity index (χ3n) is 3.24. The SMILES string of the molecule is CCCNC1CCN(c2cc(F)cc([N+](=O)[O-])c2)C1=O. The minimum atomic E-state index is -0.716. The van der Waals surface area contributed by atoms with Crippen molar-refractivity contribution in [2.75, 3.05) is 18.0 Å². The Morgan fingerprint density at radius 3 is 2.90 bits per heavy atom. The Hall–Kier alpha value is -2.02. The molecule has 1 aromatic carbocycles. The van der Waals surface area contributed by atoms with Gasteiger partial charge in [-0.3, -0.25) is 14.9 Å². The van der Waals surface area contributed by atoms with Gasteiger partial charge in [0.25, 0.3) is 5.69 Å². The van der Waals surface area contributed by atoms with Crippen LogP contribution in [0.5, 0.6) is 0 Å². The Balaban J connectivity index is 2.20. The lowest BCUT2D eigenvalue weighted by molar-refractivity contribution is -0.385. The number of nitrogens with one attached hydrogen (secondary N) is 1. The molecule has 20 heavy (non-hydrogen) atoms. The summed E-state index contributed by atoms with van der Waals surface area (Å²) in [6.07, 6.45) is 1.53. The molecule has 7 heteroatoms. The topological polar surface area (TPSA) is 75.5 Å². The van der Waals surface area contributed by atoms with Crippen molar-refractivity contribution in [2.24, 2.45) is 0 Å². The van der Waals surface area contributed by atoms with E-state index in [-0.39, 0.29) is 23.3 Å². The third kappa shape index (κ3) is 2.93. The molecule has 1 heterocycles. The minimum absolute atomic E-state index is 0.168. The van der Waals surface area contributed by atoms with Crippen LogP contribution in [0, 0.1) is 15.9 Å². The molecule has 1 amide bonds. The molecule has 0 aromatic heterocycles. The van der Waals surface area contributed by atoms with Gasteiger partial charge in [-0.1, -0.05) is 6.92 Å². The highest BCUT2D eigenvalue weighted by atomic mass is 19.1. The van der Waals surface area contributed by atoms with Gasteiger partial charge in [0.15, 0.2) is 0 Å². The van der Waals surface area contributed by atoms with Gasteiger partial charge in [-0.2, -0.15) is 0 Å². The molecule has 1 aliphatic heterocycles. The zero-order valence-corrected chi connectivity index (χ0v) is 11.1. The van der Waals surface area contributed by atoms with Gasteiger partial charge in [0.1, 0.15) is 5.82 Å². The van der Waals surface area contributed by atoms with Crippen molar-refractivity contribution < 1.29 is 14.1 Å². The second kappa shape index (κ2) is 5.96. The maximum Gasteiger partial charge on any atom is 0.274 e. The van der Waals surface area contributed by atoms with Crippen molar-refractivity contribution in [3.63, 3.8) is 0 Å². The molecule has 0 aliphatic carbocycles. The van der Waals surface area contributed by atoms with E-state index in [4.69, 9.17) is 0 Å². The van der Waals surface area contributed by atoms with Gasteiger partial charge in [-0.25, -0.2) is 4.39 Å². The van der Waals surface area contributed by atoms with E-state index in [0.717, 1.165) is 25.1 Å². The van der Waals surface area contributed by atoms with Crippen LogP contribution in [0.2, 0.25) is 0 Å². The van der Waals surface area contributed by atoms with E-state index in [2.05, 4.69) is 5.32 Å². The summed E-state index contributed by atoms with van der Waals surface area (Å²) >= 11 is 0. The normalized spacial score (nSPS) is 18.6. The van der Waals surface area contributed by atoms with Gasteiger partial charge in [-0.15, -0.1) is 0 Å². The fourth-order valence-electron chi connectivity index (χ4n) is 2.26. The number of nitro groups is 1. The summed E-state index contributed by atoms with van der Waals surface area (Å²) in [5.41, 5.74) is -0.111. The average molecular weight is 281 g/mol. The van der Waals surface area contributed by atoms with Gasteiger partial charge in [0, 0.05) is 12.6 Å². The number of hydrogen-bond donors (Lipinski definition) is 1. The van der Waals surface area contributed by atoms with E-state index in [9.17, 15) is 19.3 Å². The number of non-ortho nitro benzene ring substituents is 1. The number of amides is 1. The van der Waals surface area contributed by atoms with Crippen LogP contribution >= 0.6 is 0 Å². The van der Waals surface area contributed by atoms with Crippen molar-refractivity contribution in [3.05, 3.63) is 34.1 Å². The standard InChI is InChI=1S/C13H16FN3O3/c1-2-4-15-12-3-5-16(13(12)18)10-6-9(14)7-11(8-10)17(19)20/h6-8,12,15H,2-5H2,1H3. The summed E-state index contributed by atoms with van der Waals surface area (Å²) in [5, 5.41) is 13.8. The van der Waals surface area contributed by atoms with Crippen molar-refractivity contribution in [1.29, 1.82) is 0 Å². The number of rotatable bonds is 5. The number of hydrogen-bond acceptors (Lipinski definition) is 4. The van der Waals surface area contributed by atoms with Crippen molar-refractivity contribution in [1.82, 2.24) is 5.32 Å². The van der Waals surface area contributed by atoms with Crippen LogP contribution in [0.1, 0.15) is 19.8 Å². The number of carbonyl (C=O) groups excluding carboxylic acids is 1. The van der Waals surface area contributed by atoms with Crippen LogP contribution in [-0.4, -0.2) is 30.0 Å². The molecule has 1 saturated heterocycles.